The summed E-state index contributed by atoms with van der Waals surface area (Å²) in [5, 5.41) is 2.79. The average Bonchev–Trinajstić information content (AvgIpc) is 3.23. The number of ether oxygens (including phenoxy) is 2. The average molecular weight is 413 g/mol. The summed E-state index contributed by atoms with van der Waals surface area (Å²) in [7, 11) is 0. The maximum absolute atomic E-state index is 12.6. The number of para-hydroxylation sites is 1. The molecule has 0 aliphatic rings. The van der Waals surface area contributed by atoms with Crippen LogP contribution >= 0.6 is 11.3 Å². The van der Waals surface area contributed by atoms with Gasteiger partial charge in [-0.1, -0.05) is 18.2 Å². The quantitative estimate of drug-likeness (QED) is 0.406. The van der Waals surface area contributed by atoms with Crippen molar-refractivity contribution in [1.29, 1.82) is 0 Å². The highest BCUT2D eigenvalue weighted by atomic mass is 32.1. The lowest BCUT2D eigenvalue weighted by Gasteiger charge is -2.09. The molecule has 0 aliphatic heterocycles. The van der Waals surface area contributed by atoms with Crippen molar-refractivity contribution in [3.63, 3.8) is 0 Å². The molecule has 6 nitrogen and oxygen atoms in total. The first-order valence-electron chi connectivity index (χ1n) is 9.35. The molecule has 0 atom stereocenters. The molecule has 0 amide bonds. The fraction of sp³-hybridized carbons (Fsp3) is 0.318. The number of benzene rings is 1. The fourth-order valence-electron chi connectivity index (χ4n) is 3.04. The molecule has 2 aromatic heterocycles. The molecule has 3 aromatic rings. The molecule has 0 radical (unpaired) electrons. The second-order valence-corrected chi connectivity index (χ2v) is 7.68. The normalized spacial score (nSPS) is 10.8. The van der Waals surface area contributed by atoms with Crippen LogP contribution < -0.4 is 4.74 Å². The van der Waals surface area contributed by atoms with Crippen molar-refractivity contribution < 1.29 is 19.1 Å². The molecular formula is C22H24N2O4S. The molecule has 3 rings (SSSR count). The molecule has 29 heavy (non-hydrogen) atoms. The number of thiazole rings is 1. The third-order valence-electron chi connectivity index (χ3n) is 4.55. The maximum Gasteiger partial charge on any atom is 0.309 e. The zero-order chi connectivity index (χ0) is 21.0. The molecule has 0 unspecified atom stereocenters. The van der Waals surface area contributed by atoms with Crippen LogP contribution in [0.3, 0.4) is 0 Å². The van der Waals surface area contributed by atoms with Gasteiger partial charge in [0, 0.05) is 22.3 Å². The lowest BCUT2D eigenvalue weighted by Crippen LogP contribution is -2.16. The number of aromatic nitrogens is 2. The second kappa shape index (κ2) is 9.05. The number of Topliss-reactive ketones (excluding diaryl/α,β-unsaturated/α-hetero) is 1. The number of hydrogen-bond donors (Lipinski definition) is 0. The first-order valence-corrected chi connectivity index (χ1v) is 10.2. The Balaban J connectivity index is 1.54. The van der Waals surface area contributed by atoms with Gasteiger partial charge in [0.25, 0.3) is 0 Å². The van der Waals surface area contributed by atoms with Crippen LogP contribution in [0.5, 0.6) is 5.75 Å². The zero-order valence-electron chi connectivity index (χ0n) is 17.0. The number of esters is 1. The van der Waals surface area contributed by atoms with Crippen LogP contribution in [0.15, 0.2) is 35.7 Å². The van der Waals surface area contributed by atoms with Gasteiger partial charge in [-0.25, -0.2) is 4.98 Å². The van der Waals surface area contributed by atoms with E-state index in [-0.39, 0.29) is 25.4 Å². The second-order valence-electron chi connectivity index (χ2n) is 6.84. The molecule has 0 spiro atoms. The molecule has 0 fully saturated rings. The Morgan fingerprint density at radius 3 is 2.59 bits per heavy atom. The highest BCUT2D eigenvalue weighted by Crippen LogP contribution is 2.24. The fourth-order valence-corrected chi connectivity index (χ4v) is 3.95. The lowest BCUT2D eigenvalue weighted by atomic mass is 10.1. The minimum Gasteiger partial charge on any atom is -0.493 e. The van der Waals surface area contributed by atoms with Crippen molar-refractivity contribution in [3.05, 3.63) is 63.9 Å². The van der Waals surface area contributed by atoms with Crippen molar-refractivity contribution >= 4 is 23.1 Å². The molecule has 0 N–H and O–H groups in total. The summed E-state index contributed by atoms with van der Waals surface area (Å²) in [6.45, 7) is 7.59. The maximum atomic E-state index is 12.6. The van der Waals surface area contributed by atoms with E-state index in [9.17, 15) is 9.59 Å². The van der Waals surface area contributed by atoms with Crippen LogP contribution in [0.25, 0.3) is 5.13 Å². The SMILES string of the molecule is Cc1csc(-n2c(C)cc(C(=O)COC(=O)CCOc3ccccc3C)c2C)n1. The van der Waals surface area contributed by atoms with Gasteiger partial charge in [-0.3, -0.25) is 14.2 Å². The summed E-state index contributed by atoms with van der Waals surface area (Å²) >= 11 is 1.52. The summed E-state index contributed by atoms with van der Waals surface area (Å²) in [4.78, 5) is 29.0. The van der Waals surface area contributed by atoms with E-state index in [1.165, 1.54) is 11.3 Å². The van der Waals surface area contributed by atoms with E-state index < -0.39 is 5.97 Å². The van der Waals surface area contributed by atoms with Gasteiger partial charge < -0.3 is 9.47 Å². The zero-order valence-corrected chi connectivity index (χ0v) is 17.8. The van der Waals surface area contributed by atoms with Crippen LogP contribution in [0.2, 0.25) is 0 Å². The molecule has 7 heteroatoms. The van der Waals surface area contributed by atoms with Crippen LogP contribution in [0, 0.1) is 27.7 Å². The Kier molecular flexibility index (Phi) is 6.49. The Morgan fingerprint density at radius 2 is 1.90 bits per heavy atom. The van der Waals surface area contributed by atoms with Gasteiger partial charge in [0.05, 0.1) is 18.7 Å². The third-order valence-corrected chi connectivity index (χ3v) is 5.49. The number of aryl methyl sites for hydroxylation is 3. The third kappa shape index (κ3) is 4.92. The van der Waals surface area contributed by atoms with Crippen LogP contribution in [0.1, 0.15) is 39.4 Å². The van der Waals surface area contributed by atoms with Crippen molar-refractivity contribution in [1.82, 2.24) is 9.55 Å². The van der Waals surface area contributed by atoms with Gasteiger partial charge in [0.15, 0.2) is 11.7 Å². The van der Waals surface area contributed by atoms with Gasteiger partial charge in [-0.2, -0.15) is 0 Å². The number of ketones is 1. The summed E-state index contributed by atoms with van der Waals surface area (Å²) in [6, 6.07) is 9.40. The van der Waals surface area contributed by atoms with Crippen molar-refractivity contribution in [2.24, 2.45) is 0 Å². The number of hydrogen-bond acceptors (Lipinski definition) is 6. The van der Waals surface area contributed by atoms with Crippen molar-refractivity contribution in [3.8, 4) is 10.9 Å². The summed E-state index contributed by atoms with van der Waals surface area (Å²) in [6.07, 6.45) is 0.0824. The van der Waals surface area contributed by atoms with E-state index in [4.69, 9.17) is 9.47 Å². The molecule has 0 saturated heterocycles. The van der Waals surface area contributed by atoms with Crippen molar-refractivity contribution in [2.45, 2.75) is 34.1 Å². The van der Waals surface area contributed by atoms with Crippen LogP contribution in [-0.2, 0) is 9.53 Å². The Labute approximate surface area is 174 Å². The molecular weight excluding hydrogens is 388 g/mol. The van der Waals surface area contributed by atoms with E-state index in [2.05, 4.69) is 4.98 Å². The van der Waals surface area contributed by atoms with Crippen LogP contribution in [-0.4, -0.2) is 34.5 Å². The van der Waals surface area contributed by atoms with E-state index >= 15 is 0 Å². The molecule has 2 heterocycles. The van der Waals surface area contributed by atoms with Gasteiger partial charge in [0.1, 0.15) is 5.75 Å². The molecule has 0 bridgehead atoms. The summed E-state index contributed by atoms with van der Waals surface area (Å²) in [5.74, 6) is 0.0447. The van der Waals surface area contributed by atoms with Gasteiger partial charge >= 0.3 is 5.97 Å². The molecule has 152 valence electrons. The topological polar surface area (TPSA) is 70.4 Å². The first kappa shape index (κ1) is 20.8. The first-order chi connectivity index (χ1) is 13.9. The van der Waals surface area contributed by atoms with E-state index in [0.29, 0.717) is 5.56 Å². The smallest absolute Gasteiger partial charge is 0.309 e. The van der Waals surface area contributed by atoms with Gasteiger partial charge in [-0.15, -0.1) is 11.3 Å². The Morgan fingerprint density at radius 1 is 1.14 bits per heavy atom. The minimum absolute atomic E-state index is 0.0824. The molecule has 1 aromatic carbocycles. The Bertz CT molecular complexity index is 1040. The monoisotopic (exact) mass is 412 g/mol. The standard InChI is InChI=1S/C22H24N2O4S/c1-14-7-5-6-8-20(14)27-10-9-21(26)28-12-19(25)18-11-16(3)24(17(18)4)22-23-15(2)13-29-22/h5-8,11,13H,9-10,12H2,1-4H3. The van der Waals surface area contributed by atoms with E-state index in [1.54, 1.807) is 0 Å². The number of rotatable bonds is 8. The molecule has 0 saturated carbocycles. The van der Waals surface area contributed by atoms with E-state index in [1.807, 2.05) is 68.0 Å². The summed E-state index contributed by atoms with van der Waals surface area (Å²) in [5.41, 5.74) is 4.19. The van der Waals surface area contributed by atoms with E-state index in [0.717, 1.165) is 33.5 Å². The number of nitrogens with zero attached hydrogens (tertiary/aromatic N) is 2. The largest absolute Gasteiger partial charge is 0.493 e. The number of carbonyl (C=O) groups is 2. The minimum atomic E-state index is -0.462. The number of carbonyl (C=O) groups excluding carboxylic acids is 2. The van der Waals surface area contributed by atoms with Gasteiger partial charge in [-0.05, 0) is 45.4 Å². The highest BCUT2D eigenvalue weighted by molar-refractivity contribution is 7.12. The van der Waals surface area contributed by atoms with Crippen molar-refractivity contribution in [2.75, 3.05) is 13.2 Å². The molecule has 0 aliphatic carbocycles. The Hall–Kier alpha value is -2.93. The van der Waals surface area contributed by atoms with Gasteiger partial charge in [0.2, 0.25) is 5.78 Å². The summed E-state index contributed by atoms with van der Waals surface area (Å²) < 4.78 is 12.7. The lowest BCUT2D eigenvalue weighted by molar-refractivity contribution is -0.143. The van der Waals surface area contributed by atoms with Crippen LogP contribution in [0.4, 0.5) is 0 Å². The predicted molar refractivity (Wildman–Crippen MR) is 112 cm³/mol. The highest BCUT2D eigenvalue weighted by Gasteiger charge is 2.19. The predicted octanol–water partition coefficient (Wildman–Crippen LogP) is 4.36.